The molecule has 0 aromatic carbocycles. The molecule has 0 saturated heterocycles. The van der Waals surface area contributed by atoms with Crippen molar-refractivity contribution >= 4 is 163 Å². The summed E-state index contributed by atoms with van der Waals surface area (Å²) < 4.78 is 16.8. The minimum atomic E-state index is -1.08. The molecule has 270 valence electrons. The van der Waals surface area contributed by atoms with Crippen molar-refractivity contribution in [3.8, 4) is 0 Å². The molecule has 0 heterocycles. The third-order valence-electron chi connectivity index (χ3n) is 3.86. The van der Waals surface area contributed by atoms with E-state index >= 15 is 0 Å². The third-order valence-corrected chi connectivity index (χ3v) is 16.1. The number of amides is 2. The van der Waals surface area contributed by atoms with Crippen molar-refractivity contribution in [2.24, 2.45) is 9.98 Å². The summed E-state index contributed by atoms with van der Waals surface area (Å²) in [5.41, 5.74) is 1.48. The summed E-state index contributed by atoms with van der Waals surface area (Å²) in [7, 11) is -1.08. The fourth-order valence-corrected chi connectivity index (χ4v) is 12.3. The van der Waals surface area contributed by atoms with Crippen molar-refractivity contribution in [2.45, 2.75) is 0 Å². The van der Waals surface area contributed by atoms with Gasteiger partial charge in [-0.1, -0.05) is 11.8 Å². The van der Waals surface area contributed by atoms with Gasteiger partial charge < -0.3 is 30.5 Å². The molecular weight excluding hydrogens is 833 g/mol. The Morgan fingerprint density at radius 3 is 2.02 bits per heavy atom. The van der Waals surface area contributed by atoms with E-state index in [9.17, 15) is 13.8 Å². The molecule has 0 aromatic heterocycles. The van der Waals surface area contributed by atoms with E-state index in [4.69, 9.17) is 24.7 Å². The lowest BCUT2D eigenvalue weighted by molar-refractivity contribution is -0.196. The molecule has 24 heteroatoms. The van der Waals surface area contributed by atoms with Crippen molar-refractivity contribution in [1.82, 2.24) is 10.6 Å². The Hall–Kier alpha value is 1.76. The molecule has 12 nitrogen and oxygen atoms in total. The zero-order chi connectivity index (χ0) is 33.6. The lowest BCUT2D eigenvalue weighted by Crippen LogP contribution is -2.24. The number of aliphatic imine (C=N–C) groups is 2. The summed E-state index contributed by atoms with van der Waals surface area (Å²) in [6.07, 6.45) is 0.854. The fourth-order valence-electron chi connectivity index (χ4n) is 2.00. The summed E-state index contributed by atoms with van der Waals surface area (Å²) in [6.45, 7) is 0. The number of carbonyl (C=O) groups is 2. The Labute approximate surface area is 321 Å². The number of thioether (sulfide) groups is 11. The summed E-state index contributed by atoms with van der Waals surface area (Å²) in [6, 6.07) is 0. The number of aliphatic hydroxyl groups is 2. The van der Waals surface area contributed by atoms with E-state index in [1.54, 1.807) is 70.6 Å². The van der Waals surface area contributed by atoms with Gasteiger partial charge in [0.05, 0.1) is 56.8 Å². The van der Waals surface area contributed by atoms with E-state index in [0.29, 0.717) is 44.7 Å². The number of nitrogens with one attached hydrogen (secondary N) is 2. The maximum absolute atomic E-state index is 11.7. The van der Waals surface area contributed by atoms with Gasteiger partial charge in [0.25, 0.3) is 5.24 Å². The Balaban J connectivity index is 3.32. The minimum Gasteiger partial charge on any atom is -0.438 e. The van der Waals surface area contributed by atoms with E-state index < -0.39 is 16.9 Å². The smallest absolute Gasteiger partial charge is 0.408 e. The average Bonchev–Trinajstić information content (AvgIpc) is 3.05. The Morgan fingerprint density at radius 1 is 0.696 bits per heavy atom. The maximum atomic E-state index is 11.7. The van der Waals surface area contributed by atoms with Crippen LogP contribution in [0.4, 0.5) is 9.59 Å². The molecule has 2 amide bonds. The highest BCUT2D eigenvalue weighted by atomic mass is 32.2. The predicted molar refractivity (Wildman–Crippen MR) is 221 cm³/mol. The van der Waals surface area contributed by atoms with E-state index in [2.05, 4.69) is 20.6 Å². The largest absolute Gasteiger partial charge is 0.438 e. The van der Waals surface area contributed by atoms with Gasteiger partial charge in [0.1, 0.15) is 11.9 Å². The van der Waals surface area contributed by atoms with Crippen LogP contribution in [0.2, 0.25) is 0 Å². The van der Waals surface area contributed by atoms with Gasteiger partial charge in [-0.3, -0.25) is 14.0 Å². The minimum absolute atomic E-state index is 0.0273. The number of rotatable bonds is 34. The van der Waals surface area contributed by atoms with Crippen LogP contribution in [-0.2, 0) is 25.3 Å². The molecule has 0 aliphatic rings. The quantitative estimate of drug-likeness (QED) is 0.0155. The first-order chi connectivity index (χ1) is 22.6. The van der Waals surface area contributed by atoms with Gasteiger partial charge in [-0.2, -0.15) is 4.89 Å². The molecule has 0 aliphatic heterocycles. The average molecular weight is 875 g/mol. The number of hydrogen-bond donors (Lipinski definition) is 4. The standard InChI is InChI=1S/C22H42N4O8S12/c27-13-41-17-43-19-45-22(30)26-11-38-4-1-35-8-23-7-33-34-16-40-6-5-39-15-32-21(29)25-10-37-3-2-36-9-24-12-46(31)20-44-18-42-14-28/h7,12,27-28H,1-6,8-11,13-20H2,(H,25,29)(H,26,30)/b23-7+,24-12-. The highest BCUT2D eigenvalue weighted by molar-refractivity contribution is 8.27. The van der Waals surface area contributed by atoms with Crippen molar-refractivity contribution in [3.63, 3.8) is 0 Å². The number of carbonyl (C=O) groups excluding carboxylic acids is 2. The van der Waals surface area contributed by atoms with E-state index in [0.717, 1.165) is 39.6 Å². The van der Waals surface area contributed by atoms with E-state index in [1.807, 2.05) is 0 Å². The van der Waals surface area contributed by atoms with Crippen LogP contribution in [0, 0.1) is 0 Å². The van der Waals surface area contributed by atoms with Crippen LogP contribution < -0.4 is 10.6 Å². The molecular formula is C22H42N4O8S12. The molecule has 0 fully saturated rings. The Kier molecular flexibility index (Phi) is 42.8. The second kappa shape index (κ2) is 41.2. The third kappa shape index (κ3) is 40.2. The van der Waals surface area contributed by atoms with Crippen LogP contribution in [0.15, 0.2) is 9.98 Å². The zero-order valence-electron chi connectivity index (χ0n) is 25.0. The summed E-state index contributed by atoms with van der Waals surface area (Å²) in [5.74, 6) is 8.19. The van der Waals surface area contributed by atoms with Crippen LogP contribution in [0.5, 0.6) is 0 Å². The number of aliphatic hydroxyl groups excluding tert-OH is 2. The first-order valence-electron chi connectivity index (χ1n) is 13.0. The van der Waals surface area contributed by atoms with Crippen LogP contribution in [0.3, 0.4) is 0 Å². The van der Waals surface area contributed by atoms with Crippen LogP contribution in [0.25, 0.3) is 0 Å². The second-order valence-electron chi connectivity index (χ2n) is 7.17. The fraction of sp³-hybridized carbons (Fsp3) is 0.818. The summed E-state index contributed by atoms with van der Waals surface area (Å²) in [4.78, 5) is 41.6. The van der Waals surface area contributed by atoms with Crippen LogP contribution in [0.1, 0.15) is 0 Å². The molecule has 4 N–H and O–H groups in total. The van der Waals surface area contributed by atoms with Crippen molar-refractivity contribution < 1.29 is 38.5 Å². The van der Waals surface area contributed by atoms with Gasteiger partial charge in [-0.15, -0.1) is 118 Å². The van der Waals surface area contributed by atoms with Crippen LogP contribution in [-0.4, -0.2) is 140 Å². The molecule has 0 saturated carbocycles. The molecule has 0 radical (unpaired) electrons. The molecule has 0 aliphatic carbocycles. The molecule has 1 atom stereocenters. The molecule has 0 bridgehead atoms. The first-order valence-corrected chi connectivity index (χ1v) is 27.0. The Morgan fingerprint density at radius 2 is 1.30 bits per heavy atom. The highest BCUT2D eigenvalue weighted by Crippen LogP contribution is 2.18. The molecule has 0 rings (SSSR count). The van der Waals surface area contributed by atoms with Crippen molar-refractivity contribution in [3.05, 3.63) is 0 Å². The monoisotopic (exact) mass is 874 g/mol. The topological polar surface area (TPSA) is 168 Å². The second-order valence-corrected chi connectivity index (χ2v) is 21.2. The summed E-state index contributed by atoms with van der Waals surface area (Å²) in [5, 5.41) is 25.6. The van der Waals surface area contributed by atoms with Gasteiger partial charge in [0.2, 0.25) is 6.40 Å². The molecule has 46 heavy (non-hydrogen) atoms. The van der Waals surface area contributed by atoms with E-state index in [1.165, 1.54) is 70.8 Å². The summed E-state index contributed by atoms with van der Waals surface area (Å²) >= 11 is 16.8. The molecule has 1 unspecified atom stereocenters. The number of nitrogens with zero attached hydrogens (tertiary/aromatic N) is 2. The lowest BCUT2D eigenvalue weighted by Gasteiger charge is -2.06. The maximum Gasteiger partial charge on any atom is 0.408 e. The van der Waals surface area contributed by atoms with E-state index in [-0.39, 0.29) is 23.1 Å². The van der Waals surface area contributed by atoms with Crippen molar-refractivity contribution in [1.29, 1.82) is 0 Å². The number of ether oxygens (including phenoxy) is 1. The van der Waals surface area contributed by atoms with Crippen molar-refractivity contribution in [2.75, 3.05) is 102 Å². The van der Waals surface area contributed by atoms with Crippen LogP contribution >= 0.6 is 129 Å². The normalized spacial score (nSPS) is 12.1. The first kappa shape index (κ1) is 47.8. The van der Waals surface area contributed by atoms with Gasteiger partial charge in [0, 0.05) is 49.8 Å². The van der Waals surface area contributed by atoms with Gasteiger partial charge in [-0.05, 0) is 0 Å². The molecule has 0 aromatic rings. The highest BCUT2D eigenvalue weighted by Gasteiger charge is 2.03. The number of alkyl carbamates (subject to hydrolysis) is 1. The lowest BCUT2D eigenvalue weighted by atomic mass is 11.0. The van der Waals surface area contributed by atoms with Gasteiger partial charge in [0.15, 0.2) is 0 Å². The van der Waals surface area contributed by atoms with Gasteiger partial charge >= 0.3 is 6.09 Å². The number of hydrogen-bond acceptors (Lipinski definition) is 21. The zero-order valence-corrected chi connectivity index (χ0v) is 34.8. The Bertz CT molecular complexity index is 799. The molecule has 0 spiro atoms. The predicted octanol–water partition coefficient (Wildman–Crippen LogP) is 5.72. The SMILES string of the molecule is O=C(NCSCCSC/N=C\S(=O)CSCSCO)OCSCCSCOO/C=N/CSCCSCNC(=O)SCSCSCO. The van der Waals surface area contributed by atoms with Gasteiger partial charge in [-0.25, -0.2) is 9.79 Å².